The number of hydrogen-bond donors (Lipinski definition) is 2. The van der Waals surface area contributed by atoms with Gasteiger partial charge in [-0.2, -0.15) is 64.8 Å². The number of aryl methyl sites for hydroxylation is 2. The molecule has 0 fully saturated rings. The Kier molecular flexibility index (Phi) is 26.6. The number of aromatic nitrogens is 2. The number of primary amides is 1. The summed E-state index contributed by atoms with van der Waals surface area (Å²) < 4.78 is 190. The lowest BCUT2D eigenvalue weighted by atomic mass is 10.4. The Morgan fingerprint density at radius 3 is 1.24 bits per heavy atom. The Bertz CT molecular complexity index is 2080. The van der Waals surface area contributed by atoms with Crippen molar-refractivity contribution in [1.82, 2.24) is 9.97 Å². The molecule has 2 aromatic rings. The van der Waals surface area contributed by atoms with Crippen molar-refractivity contribution in [2.75, 3.05) is 26.4 Å². The maximum absolute atomic E-state index is 12.2. The zero-order valence-corrected chi connectivity index (χ0v) is 37.8. The number of halogens is 10. The predicted molar refractivity (Wildman–Crippen MR) is 195 cm³/mol. The van der Waals surface area contributed by atoms with Gasteiger partial charge in [0.2, 0.25) is 16.6 Å². The number of esters is 4. The number of nitrogens with zero attached hydrogens (tertiary/aromatic N) is 2. The lowest BCUT2D eigenvalue weighted by Crippen LogP contribution is -2.34. The van der Waals surface area contributed by atoms with Crippen molar-refractivity contribution in [3.63, 3.8) is 0 Å². The average molecular weight is 1090 g/mol. The lowest BCUT2D eigenvalue weighted by Gasteiger charge is -2.09. The molecular formula is C26H33BrF9N3O18S5. The molecule has 0 radical (unpaired) electrons. The van der Waals surface area contributed by atoms with Gasteiger partial charge in [-0.3, -0.25) is 14.4 Å². The molecule has 21 nitrogen and oxygen atoms in total. The highest BCUT2D eigenvalue weighted by atomic mass is 79.9. The van der Waals surface area contributed by atoms with E-state index in [0.29, 0.717) is 23.0 Å². The van der Waals surface area contributed by atoms with Gasteiger partial charge in [-0.1, -0.05) is 15.9 Å². The van der Waals surface area contributed by atoms with Crippen molar-refractivity contribution in [1.29, 1.82) is 0 Å². The molecule has 3 N–H and O–H groups in total. The van der Waals surface area contributed by atoms with Crippen LogP contribution >= 0.6 is 38.6 Å². The number of aromatic hydroxyl groups is 1. The summed E-state index contributed by atoms with van der Waals surface area (Å²) in [4.78, 5) is 59.3. The molecule has 0 bridgehead atoms. The minimum absolute atomic E-state index is 0.0265. The van der Waals surface area contributed by atoms with E-state index in [1.54, 1.807) is 27.7 Å². The molecule has 1 amide bonds. The number of thiazole rings is 2. The molecule has 0 saturated carbocycles. The summed E-state index contributed by atoms with van der Waals surface area (Å²) in [7, 11) is -19.6. The van der Waals surface area contributed by atoms with Gasteiger partial charge in [0.1, 0.15) is 0 Å². The average Bonchev–Trinajstić information content (AvgIpc) is 3.62. The second-order valence-electron chi connectivity index (χ2n) is 9.52. The third-order valence-corrected chi connectivity index (χ3v) is 10.7. The van der Waals surface area contributed by atoms with E-state index in [4.69, 9.17) is 9.84 Å². The first-order chi connectivity index (χ1) is 27.8. The van der Waals surface area contributed by atoms with Crippen LogP contribution in [-0.4, -0.2) is 118 Å². The number of hydrogen-bond acceptors (Lipinski definition) is 22. The van der Waals surface area contributed by atoms with E-state index in [1.165, 1.54) is 20.8 Å². The topological polar surface area (TPSA) is 315 Å². The first-order valence-electron chi connectivity index (χ1n) is 15.4. The summed E-state index contributed by atoms with van der Waals surface area (Å²) in [6.07, 6.45) is 0. The number of alkyl halides is 10. The fraction of sp³-hybridized carbons (Fsp3) is 0.577. The van der Waals surface area contributed by atoms with Gasteiger partial charge in [-0.05, 0) is 41.5 Å². The standard InChI is InChI=1S/C8H8F3NO5S2.C7H11BrO4.C7H9NO3S.C2F6O5S2.C2H5NO/c1-3-16-7(13)5-6(12-4(2)18-5)17-19(14,15)8(9,10)11;1-3-11-6(9)5(8)7(10)12-4-2;1-3-11-7(10)5-6(9)8-4(2)12-5;3-1(4,5)14(9,10)13-15(11,12)2(6,7)8;1-2(3)4/h3H2,1-2H3;5H,3-4H2,1-2H3;9H,3H2,1-2H3;;1H3,(H2,3,4). The minimum Gasteiger partial charge on any atom is -0.492 e. The van der Waals surface area contributed by atoms with Gasteiger partial charge in [0.05, 0.1) is 36.4 Å². The van der Waals surface area contributed by atoms with Crippen LogP contribution in [0.1, 0.15) is 64.0 Å². The molecule has 0 spiro atoms. The van der Waals surface area contributed by atoms with E-state index in [9.17, 15) is 88.7 Å². The van der Waals surface area contributed by atoms with Gasteiger partial charge in [0, 0.05) is 6.92 Å². The van der Waals surface area contributed by atoms with Crippen molar-refractivity contribution < 1.29 is 121 Å². The molecule has 36 heteroatoms. The summed E-state index contributed by atoms with van der Waals surface area (Å²) in [5, 5.41) is 9.94. The maximum atomic E-state index is 12.2. The van der Waals surface area contributed by atoms with Crippen LogP contribution < -0.4 is 9.92 Å². The van der Waals surface area contributed by atoms with Gasteiger partial charge in [-0.25, -0.2) is 19.6 Å². The van der Waals surface area contributed by atoms with Crippen LogP contribution in [0.15, 0.2) is 0 Å². The molecule has 360 valence electrons. The quantitative estimate of drug-likeness (QED) is 0.0570. The zero-order valence-electron chi connectivity index (χ0n) is 32.1. The van der Waals surface area contributed by atoms with Crippen LogP contribution in [0.3, 0.4) is 0 Å². The number of rotatable bonds is 12. The molecule has 0 unspecified atom stereocenters. The summed E-state index contributed by atoms with van der Waals surface area (Å²) in [6, 6.07) is 0. The Balaban J connectivity index is -0.000000738. The van der Waals surface area contributed by atoms with Crippen molar-refractivity contribution in [2.45, 2.75) is 69.8 Å². The van der Waals surface area contributed by atoms with Crippen molar-refractivity contribution in [2.24, 2.45) is 5.73 Å². The summed E-state index contributed by atoms with van der Waals surface area (Å²) in [5.41, 5.74) is -13.6. The van der Waals surface area contributed by atoms with E-state index in [1.807, 2.05) is 3.63 Å². The van der Waals surface area contributed by atoms with Crippen molar-refractivity contribution in [3.8, 4) is 11.8 Å². The predicted octanol–water partition coefficient (Wildman–Crippen LogP) is 4.26. The largest absolute Gasteiger partial charge is 0.534 e. The van der Waals surface area contributed by atoms with E-state index < -0.39 is 86.3 Å². The number of nitrogens with two attached hydrogens (primary N) is 1. The summed E-state index contributed by atoms with van der Waals surface area (Å²) in [6.45, 7) is 11.7. The normalized spacial score (nSPS) is 11.6. The SMILES string of the molecule is CC(N)=O.CCOC(=O)C(Br)C(=O)OCC.CCOC(=O)c1sc(C)nc1O.CCOC(=O)c1sc(C)nc1OS(=O)(=O)C(F)(F)F.O=S(=O)(OS(=O)(=O)C(F)(F)F)C(F)(F)F. The molecule has 0 aliphatic carbocycles. The smallest absolute Gasteiger partial charge is 0.492 e. The highest BCUT2D eigenvalue weighted by Crippen LogP contribution is 2.33. The molecular weight excluding hydrogens is 1050 g/mol. The van der Waals surface area contributed by atoms with Crippen LogP contribution in [0.4, 0.5) is 39.5 Å². The zero-order chi connectivity index (χ0) is 49.8. The van der Waals surface area contributed by atoms with Gasteiger partial charge in [0.25, 0.3) is 5.88 Å². The van der Waals surface area contributed by atoms with Crippen LogP contribution in [0, 0.1) is 13.8 Å². The van der Waals surface area contributed by atoms with Crippen molar-refractivity contribution in [3.05, 3.63) is 19.8 Å². The monoisotopic (exact) mass is 1080 g/mol. The highest BCUT2D eigenvalue weighted by Gasteiger charge is 2.57. The number of carbonyl (C=O) groups excluding carboxylic acids is 5. The van der Waals surface area contributed by atoms with Gasteiger partial charge >= 0.3 is 70.8 Å². The molecule has 2 heterocycles. The van der Waals surface area contributed by atoms with E-state index in [2.05, 4.69) is 50.0 Å². The molecule has 2 aromatic heterocycles. The Hall–Kier alpha value is -4.13. The summed E-state index contributed by atoms with van der Waals surface area (Å²) >= 11 is 4.66. The Labute approximate surface area is 361 Å². The Morgan fingerprint density at radius 1 is 0.645 bits per heavy atom. The molecule has 0 aliphatic rings. The molecule has 62 heavy (non-hydrogen) atoms. The summed E-state index contributed by atoms with van der Waals surface area (Å²) in [5.74, 6) is -4.25. The van der Waals surface area contributed by atoms with Crippen LogP contribution in [0.2, 0.25) is 0 Å². The second-order valence-corrected chi connectivity index (χ2v) is 17.7. The van der Waals surface area contributed by atoms with Gasteiger partial charge in [-0.15, -0.1) is 26.3 Å². The van der Waals surface area contributed by atoms with Crippen LogP contribution in [0.25, 0.3) is 0 Å². The molecule has 0 atom stereocenters. The van der Waals surface area contributed by atoms with Crippen LogP contribution in [-0.2, 0) is 67.3 Å². The second kappa shape index (κ2) is 26.5. The van der Waals surface area contributed by atoms with E-state index in [-0.39, 0.29) is 41.5 Å². The van der Waals surface area contributed by atoms with Crippen molar-refractivity contribution >= 4 is 98.7 Å². The first kappa shape index (κ1) is 62.2. The fourth-order valence-electron chi connectivity index (χ4n) is 2.41. The maximum Gasteiger partial charge on any atom is 0.534 e. The third kappa shape index (κ3) is 22.8. The van der Waals surface area contributed by atoms with E-state index >= 15 is 0 Å². The van der Waals surface area contributed by atoms with E-state index in [0.717, 1.165) is 11.3 Å². The third-order valence-electron chi connectivity index (χ3n) is 4.55. The fourth-order valence-corrected chi connectivity index (χ4v) is 6.16. The van der Waals surface area contributed by atoms with Gasteiger partial charge in [0.15, 0.2) is 9.75 Å². The van der Waals surface area contributed by atoms with Crippen LogP contribution in [0.5, 0.6) is 11.8 Å². The van der Waals surface area contributed by atoms with Gasteiger partial charge < -0.3 is 34.0 Å². The first-order valence-corrected chi connectivity index (χ1v) is 22.1. The molecule has 0 saturated heterocycles. The number of carbonyl (C=O) groups is 5. The molecule has 0 aromatic carbocycles. The molecule has 2 rings (SSSR count). The molecule has 0 aliphatic heterocycles. The minimum atomic E-state index is -6.85. The number of ether oxygens (including phenoxy) is 4. The lowest BCUT2D eigenvalue weighted by molar-refractivity contribution is -0.152. The Morgan fingerprint density at radius 2 is 0.952 bits per heavy atom. The highest BCUT2D eigenvalue weighted by molar-refractivity contribution is 9.10. The number of amides is 1.